The quantitative estimate of drug-likeness (QED) is 0.736. The van der Waals surface area contributed by atoms with Crippen molar-refractivity contribution < 1.29 is 9.50 Å². The monoisotopic (exact) mass is 402 g/mol. The summed E-state index contributed by atoms with van der Waals surface area (Å²) < 4.78 is 17.3. The highest BCUT2D eigenvalue weighted by atomic mass is 32.2. The molecule has 0 spiro atoms. The second-order valence-electron chi connectivity index (χ2n) is 8.13. The van der Waals surface area contributed by atoms with Crippen LogP contribution in [0, 0.1) is 0 Å². The van der Waals surface area contributed by atoms with Crippen LogP contribution in [0.15, 0.2) is 52.7 Å². The highest BCUT2D eigenvalue weighted by Gasteiger charge is 2.34. The summed E-state index contributed by atoms with van der Waals surface area (Å²) in [5, 5.41) is 9.46. The molecule has 0 bridgehead atoms. The van der Waals surface area contributed by atoms with Gasteiger partial charge in [-0.2, -0.15) is 11.1 Å². The lowest BCUT2D eigenvalue weighted by Gasteiger charge is -2.45. The van der Waals surface area contributed by atoms with Gasteiger partial charge < -0.3 is 5.11 Å². The number of aliphatic hydroxyl groups excluding tert-OH is 1. The number of allylic oxidation sites excluding steroid dienone is 4. The average molecular weight is 403 g/mol. The van der Waals surface area contributed by atoms with E-state index < -0.39 is 11.1 Å². The van der Waals surface area contributed by atoms with Crippen molar-refractivity contribution >= 4 is 17.2 Å². The van der Waals surface area contributed by atoms with Gasteiger partial charge in [-0.25, -0.2) is 4.39 Å². The van der Waals surface area contributed by atoms with E-state index in [1.807, 2.05) is 12.2 Å². The summed E-state index contributed by atoms with van der Waals surface area (Å²) in [6, 6.07) is 6.83. The molecule has 3 nitrogen and oxygen atoms in total. The summed E-state index contributed by atoms with van der Waals surface area (Å²) in [6.45, 7) is 9.32. The number of rotatable bonds is 4. The molecule has 0 radical (unpaired) electrons. The van der Waals surface area contributed by atoms with E-state index in [4.69, 9.17) is 0 Å². The molecule has 2 heterocycles. The predicted octanol–water partition coefficient (Wildman–Crippen LogP) is 4.27. The molecule has 28 heavy (non-hydrogen) atoms. The van der Waals surface area contributed by atoms with Crippen LogP contribution in [0.5, 0.6) is 0 Å². The molecule has 5 heteroatoms. The van der Waals surface area contributed by atoms with Crippen molar-refractivity contribution in [2.75, 3.05) is 39.3 Å². The largest absolute Gasteiger partial charge is 0.395 e. The Morgan fingerprint density at radius 3 is 2.64 bits per heavy atom. The minimum atomic E-state index is -0.653. The molecule has 1 aromatic carbocycles. The van der Waals surface area contributed by atoms with Gasteiger partial charge in [-0.1, -0.05) is 44.2 Å². The summed E-state index contributed by atoms with van der Waals surface area (Å²) in [6.07, 6.45) is 8.68. The number of hydrogen-bond donors (Lipinski definition) is 2. The lowest BCUT2D eigenvalue weighted by Crippen LogP contribution is -2.47. The second kappa shape index (κ2) is 8.54. The standard InChI is InChI=1S/C23H31FN2OS/c1-17(2)19-7-6-18-8-9-20-21(24)4-3-5-22(20)28(23(18)16-19)26-12-10-25(11-13-26)14-15-27/h3-4,6-9,16-17,22,27-28H,5,10-15H2,1-2H3. The molecule has 0 aromatic heterocycles. The van der Waals surface area contributed by atoms with Crippen molar-refractivity contribution in [1.29, 1.82) is 0 Å². The Kier molecular flexibility index (Phi) is 6.07. The summed E-state index contributed by atoms with van der Waals surface area (Å²) >= 11 is -0.653. The third-order valence-corrected chi connectivity index (χ3v) is 9.00. The fourth-order valence-corrected chi connectivity index (χ4v) is 7.51. The van der Waals surface area contributed by atoms with Gasteiger partial charge in [0.1, 0.15) is 5.83 Å². The number of piperazine rings is 1. The first kappa shape index (κ1) is 19.9. The van der Waals surface area contributed by atoms with Gasteiger partial charge in [0.25, 0.3) is 0 Å². The number of fused-ring (bicyclic) bond motifs is 2. The third kappa shape index (κ3) is 3.86. The number of halogens is 1. The van der Waals surface area contributed by atoms with Gasteiger partial charge in [0.2, 0.25) is 0 Å². The molecular weight excluding hydrogens is 371 g/mol. The molecule has 0 saturated carbocycles. The van der Waals surface area contributed by atoms with Gasteiger partial charge in [-0.15, -0.1) is 0 Å². The Bertz CT molecular complexity index is 809. The Labute approximate surface area is 170 Å². The van der Waals surface area contributed by atoms with Crippen LogP contribution in [0.3, 0.4) is 0 Å². The topological polar surface area (TPSA) is 26.7 Å². The lowest BCUT2D eigenvalue weighted by molar-refractivity contribution is 0.155. The van der Waals surface area contributed by atoms with Crippen molar-refractivity contribution in [2.45, 2.75) is 36.3 Å². The smallest absolute Gasteiger partial charge is 0.127 e. The maximum absolute atomic E-state index is 14.7. The highest BCUT2D eigenvalue weighted by molar-refractivity contribution is 8.15. The van der Waals surface area contributed by atoms with E-state index in [2.05, 4.69) is 47.3 Å². The van der Waals surface area contributed by atoms with Crippen molar-refractivity contribution in [3.63, 3.8) is 0 Å². The van der Waals surface area contributed by atoms with Gasteiger partial charge in [0, 0.05) is 48.4 Å². The van der Waals surface area contributed by atoms with E-state index in [0.29, 0.717) is 5.92 Å². The number of benzene rings is 1. The van der Waals surface area contributed by atoms with E-state index in [9.17, 15) is 9.50 Å². The Morgan fingerprint density at radius 2 is 1.93 bits per heavy atom. The number of aliphatic hydroxyl groups is 1. The fourth-order valence-electron chi connectivity index (χ4n) is 4.38. The predicted molar refractivity (Wildman–Crippen MR) is 118 cm³/mol. The first-order valence-corrected chi connectivity index (χ1v) is 11.7. The minimum absolute atomic E-state index is 0.0733. The molecule has 152 valence electrons. The third-order valence-electron chi connectivity index (χ3n) is 6.03. The maximum Gasteiger partial charge on any atom is 0.127 e. The summed E-state index contributed by atoms with van der Waals surface area (Å²) in [7, 11) is 0. The van der Waals surface area contributed by atoms with Crippen LogP contribution in [0.1, 0.15) is 37.3 Å². The molecule has 1 aromatic rings. The van der Waals surface area contributed by atoms with Crippen LogP contribution >= 0.6 is 11.1 Å². The van der Waals surface area contributed by atoms with E-state index in [0.717, 1.165) is 44.7 Å². The van der Waals surface area contributed by atoms with Crippen molar-refractivity contribution in [3.05, 3.63) is 59.0 Å². The number of β-amino-alcohol motifs (C(OH)–C–C–N with tert-alkyl or cyclic N) is 1. The molecule has 1 aliphatic carbocycles. The average Bonchev–Trinajstić information content (AvgIpc) is 2.86. The van der Waals surface area contributed by atoms with Crippen LogP contribution in [0.2, 0.25) is 0 Å². The first-order chi connectivity index (χ1) is 13.6. The van der Waals surface area contributed by atoms with Crippen LogP contribution in [-0.4, -0.2) is 58.9 Å². The second-order valence-corrected chi connectivity index (χ2v) is 10.5. The number of thiol groups is 1. The van der Waals surface area contributed by atoms with E-state index in [-0.39, 0.29) is 17.7 Å². The molecule has 2 unspecified atom stereocenters. The van der Waals surface area contributed by atoms with Gasteiger partial charge in [-0.3, -0.25) is 9.21 Å². The molecule has 0 amide bonds. The summed E-state index contributed by atoms with van der Waals surface area (Å²) in [5.74, 6) is 0.407. The summed E-state index contributed by atoms with van der Waals surface area (Å²) in [4.78, 5) is 3.72. The van der Waals surface area contributed by atoms with Gasteiger partial charge in [0.05, 0.1) is 6.61 Å². The molecule has 1 fully saturated rings. The van der Waals surface area contributed by atoms with Crippen molar-refractivity contribution in [3.8, 4) is 0 Å². The van der Waals surface area contributed by atoms with Crippen LogP contribution < -0.4 is 0 Å². The lowest BCUT2D eigenvalue weighted by atomic mass is 10.00. The van der Waals surface area contributed by atoms with Crippen molar-refractivity contribution in [1.82, 2.24) is 9.21 Å². The molecule has 2 atom stereocenters. The molecular formula is C23H31FN2OS. The van der Waals surface area contributed by atoms with Gasteiger partial charge >= 0.3 is 0 Å². The normalized spacial score (nSPS) is 27.0. The van der Waals surface area contributed by atoms with E-state index in [1.165, 1.54) is 16.0 Å². The fraction of sp³-hybridized carbons (Fsp3) is 0.478. The van der Waals surface area contributed by atoms with Crippen LogP contribution in [0.25, 0.3) is 6.08 Å². The Hall–Kier alpha value is -1.40. The molecule has 1 saturated heterocycles. The Balaban J connectivity index is 1.73. The molecule has 2 aliphatic heterocycles. The van der Waals surface area contributed by atoms with Crippen LogP contribution in [-0.2, 0) is 0 Å². The molecule has 3 aliphatic rings. The highest BCUT2D eigenvalue weighted by Crippen LogP contribution is 2.54. The maximum atomic E-state index is 14.7. The summed E-state index contributed by atoms with van der Waals surface area (Å²) in [5.41, 5.74) is 3.47. The van der Waals surface area contributed by atoms with Crippen molar-refractivity contribution in [2.24, 2.45) is 0 Å². The first-order valence-electron chi connectivity index (χ1n) is 10.3. The van der Waals surface area contributed by atoms with Gasteiger partial charge in [-0.05, 0) is 35.6 Å². The minimum Gasteiger partial charge on any atom is -0.395 e. The zero-order chi connectivity index (χ0) is 19.7. The Morgan fingerprint density at radius 1 is 1.14 bits per heavy atom. The zero-order valence-corrected chi connectivity index (χ0v) is 17.7. The molecule has 1 N–H and O–H groups in total. The zero-order valence-electron chi connectivity index (χ0n) is 16.8. The number of hydrogen-bond acceptors (Lipinski definition) is 3. The van der Waals surface area contributed by atoms with E-state index in [1.54, 1.807) is 6.08 Å². The van der Waals surface area contributed by atoms with Gasteiger partial charge in [0.15, 0.2) is 0 Å². The van der Waals surface area contributed by atoms with Crippen LogP contribution in [0.4, 0.5) is 4.39 Å². The van der Waals surface area contributed by atoms with E-state index >= 15 is 0 Å². The molecule has 4 rings (SSSR count). The SMILES string of the molecule is CC(C)c1ccc2c(c1)[SH](N1CCN(CCO)CC1)C1CC=CC(F)=C1C=C2. The number of nitrogens with zero attached hydrogens (tertiary/aromatic N) is 2.